The summed E-state index contributed by atoms with van der Waals surface area (Å²) in [7, 11) is 0. The molecule has 6 heteroatoms. The topological polar surface area (TPSA) is 67.7 Å². The Hall–Kier alpha value is -4.71. The Morgan fingerprint density at radius 1 is 0.455 bits per heavy atom. The Morgan fingerprint density at radius 3 is 1.36 bits per heavy atom. The number of fused-ring (bicyclic) bond motifs is 3. The van der Waals surface area contributed by atoms with Gasteiger partial charge in [0.2, 0.25) is 17.8 Å². The molecule has 0 spiro atoms. The van der Waals surface area contributed by atoms with Gasteiger partial charge in [0.05, 0.1) is 11.0 Å². The molecule has 4 aromatic carbocycles. The van der Waals surface area contributed by atoms with Crippen LogP contribution in [0.3, 0.4) is 0 Å². The molecule has 0 aliphatic heterocycles. The van der Waals surface area contributed by atoms with Crippen LogP contribution in [0.15, 0.2) is 109 Å². The van der Waals surface area contributed by atoms with Gasteiger partial charge in [-0.25, -0.2) is 0 Å². The Bertz CT molecular complexity index is 1450. The summed E-state index contributed by atoms with van der Waals surface area (Å²) >= 11 is 0. The van der Waals surface area contributed by atoms with E-state index in [1.807, 2.05) is 72.8 Å². The molecule has 0 saturated carbocycles. The molecule has 2 heterocycles. The third kappa shape index (κ3) is 3.64. The lowest BCUT2D eigenvalue weighted by atomic mass is 10.2. The highest BCUT2D eigenvalue weighted by molar-refractivity contribution is 6.08. The molecule has 0 aliphatic rings. The first kappa shape index (κ1) is 19.0. The van der Waals surface area contributed by atoms with Crippen molar-refractivity contribution in [3.05, 3.63) is 109 Å². The van der Waals surface area contributed by atoms with Crippen LogP contribution >= 0.6 is 0 Å². The lowest BCUT2D eigenvalue weighted by Crippen LogP contribution is -2.09. The van der Waals surface area contributed by atoms with E-state index >= 15 is 0 Å². The van der Waals surface area contributed by atoms with Gasteiger partial charge in [-0.15, -0.1) is 0 Å². The number of para-hydroxylation sites is 4. The van der Waals surface area contributed by atoms with Gasteiger partial charge >= 0.3 is 0 Å². The number of nitrogens with one attached hydrogen (secondary N) is 2. The number of hydrogen-bond acceptors (Lipinski definition) is 5. The van der Waals surface area contributed by atoms with E-state index in [-0.39, 0.29) is 0 Å². The van der Waals surface area contributed by atoms with Crippen LogP contribution < -0.4 is 10.6 Å². The molecule has 158 valence electrons. The van der Waals surface area contributed by atoms with Crippen molar-refractivity contribution < 1.29 is 0 Å². The number of rotatable bonds is 5. The smallest absolute Gasteiger partial charge is 0.241 e. The summed E-state index contributed by atoms with van der Waals surface area (Å²) in [5.41, 5.74) is 3.90. The van der Waals surface area contributed by atoms with Crippen LogP contribution in [0.1, 0.15) is 0 Å². The fraction of sp³-hybridized carbons (Fsp3) is 0. The Labute approximate surface area is 190 Å². The summed E-state index contributed by atoms with van der Waals surface area (Å²) in [6.07, 6.45) is 0. The van der Waals surface area contributed by atoms with Gasteiger partial charge in [0.15, 0.2) is 0 Å². The van der Waals surface area contributed by atoms with Crippen LogP contribution in [-0.4, -0.2) is 19.5 Å². The van der Waals surface area contributed by atoms with Crippen molar-refractivity contribution in [1.82, 2.24) is 19.5 Å². The SMILES string of the molecule is c1ccc(Nc2nc(Nc3ccccc3)nc(-n3c4ccccc4c4ccccc43)n2)cc1. The van der Waals surface area contributed by atoms with E-state index < -0.39 is 0 Å². The molecule has 6 aromatic rings. The Kier molecular flexibility index (Phi) is 4.66. The van der Waals surface area contributed by atoms with Crippen molar-refractivity contribution >= 4 is 45.1 Å². The van der Waals surface area contributed by atoms with Crippen LogP contribution in [-0.2, 0) is 0 Å². The number of anilines is 4. The molecule has 0 amide bonds. The van der Waals surface area contributed by atoms with E-state index in [2.05, 4.69) is 56.6 Å². The Balaban J connectivity index is 1.55. The second-order valence-corrected chi connectivity index (χ2v) is 7.63. The third-order valence-electron chi connectivity index (χ3n) is 5.46. The van der Waals surface area contributed by atoms with Crippen LogP contribution in [0.25, 0.3) is 27.8 Å². The number of nitrogens with zero attached hydrogens (tertiary/aromatic N) is 4. The standard InChI is InChI=1S/C27H20N6/c1-3-11-19(12-4-1)28-25-30-26(29-20-13-5-2-6-14-20)32-27(31-25)33-23-17-9-7-15-21(23)22-16-8-10-18-24(22)33/h1-18H,(H2,28,29,30,31,32). The second kappa shape index (κ2) is 8.09. The molecule has 0 fully saturated rings. The van der Waals surface area contributed by atoms with Crippen LogP contribution in [0.2, 0.25) is 0 Å². The quantitative estimate of drug-likeness (QED) is 0.330. The summed E-state index contributed by atoms with van der Waals surface area (Å²) in [4.78, 5) is 14.2. The number of benzene rings is 4. The summed E-state index contributed by atoms with van der Waals surface area (Å²) in [5, 5.41) is 8.94. The normalized spacial score (nSPS) is 11.0. The maximum absolute atomic E-state index is 4.80. The first-order chi connectivity index (χ1) is 16.3. The molecule has 0 aliphatic carbocycles. The molecule has 0 unspecified atom stereocenters. The van der Waals surface area contributed by atoms with E-state index in [9.17, 15) is 0 Å². The van der Waals surface area contributed by atoms with Gasteiger partial charge in [0.25, 0.3) is 0 Å². The van der Waals surface area contributed by atoms with Gasteiger partial charge in [0.1, 0.15) is 0 Å². The number of aromatic nitrogens is 4. The lowest BCUT2D eigenvalue weighted by Gasteiger charge is -2.12. The monoisotopic (exact) mass is 428 g/mol. The van der Waals surface area contributed by atoms with Gasteiger partial charge in [-0.2, -0.15) is 15.0 Å². The molecule has 0 saturated heterocycles. The summed E-state index contributed by atoms with van der Waals surface area (Å²) in [6.45, 7) is 0. The first-order valence-corrected chi connectivity index (χ1v) is 10.7. The average molecular weight is 428 g/mol. The minimum Gasteiger partial charge on any atom is -0.324 e. The zero-order chi connectivity index (χ0) is 22.0. The highest BCUT2D eigenvalue weighted by Gasteiger charge is 2.16. The van der Waals surface area contributed by atoms with Crippen molar-refractivity contribution in [2.45, 2.75) is 0 Å². The molecule has 0 atom stereocenters. The maximum Gasteiger partial charge on any atom is 0.241 e. The largest absolute Gasteiger partial charge is 0.324 e. The molecule has 2 aromatic heterocycles. The zero-order valence-corrected chi connectivity index (χ0v) is 17.7. The molecule has 33 heavy (non-hydrogen) atoms. The molecule has 0 radical (unpaired) electrons. The van der Waals surface area contributed by atoms with Crippen molar-refractivity contribution in [3.8, 4) is 5.95 Å². The van der Waals surface area contributed by atoms with E-state index in [0.717, 1.165) is 33.2 Å². The summed E-state index contributed by atoms with van der Waals surface area (Å²) < 4.78 is 2.08. The van der Waals surface area contributed by atoms with Crippen molar-refractivity contribution in [2.24, 2.45) is 0 Å². The minimum absolute atomic E-state index is 0.464. The van der Waals surface area contributed by atoms with Gasteiger partial charge in [-0.3, -0.25) is 4.57 Å². The molecule has 6 nitrogen and oxygen atoms in total. The van der Waals surface area contributed by atoms with Crippen molar-refractivity contribution in [2.75, 3.05) is 10.6 Å². The molecule has 2 N–H and O–H groups in total. The van der Waals surface area contributed by atoms with E-state index in [1.165, 1.54) is 0 Å². The lowest BCUT2D eigenvalue weighted by molar-refractivity contribution is 0.952. The average Bonchev–Trinajstić information content (AvgIpc) is 3.20. The fourth-order valence-electron chi connectivity index (χ4n) is 4.02. The predicted molar refractivity (Wildman–Crippen MR) is 134 cm³/mol. The molecular weight excluding hydrogens is 408 g/mol. The Morgan fingerprint density at radius 2 is 0.879 bits per heavy atom. The van der Waals surface area contributed by atoms with Gasteiger partial charge in [-0.05, 0) is 36.4 Å². The minimum atomic E-state index is 0.464. The fourth-order valence-corrected chi connectivity index (χ4v) is 4.02. The highest BCUT2D eigenvalue weighted by atomic mass is 15.3. The van der Waals surface area contributed by atoms with Crippen molar-refractivity contribution in [3.63, 3.8) is 0 Å². The van der Waals surface area contributed by atoms with Crippen LogP contribution in [0.4, 0.5) is 23.3 Å². The van der Waals surface area contributed by atoms with Crippen LogP contribution in [0, 0.1) is 0 Å². The van der Waals surface area contributed by atoms with Gasteiger partial charge in [-0.1, -0.05) is 72.8 Å². The van der Waals surface area contributed by atoms with Gasteiger partial charge < -0.3 is 10.6 Å². The first-order valence-electron chi connectivity index (χ1n) is 10.7. The van der Waals surface area contributed by atoms with Crippen molar-refractivity contribution in [1.29, 1.82) is 0 Å². The molecule has 0 bridgehead atoms. The summed E-state index contributed by atoms with van der Waals surface area (Å²) in [5.74, 6) is 1.47. The second-order valence-electron chi connectivity index (χ2n) is 7.63. The van der Waals surface area contributed by atoms with E-state index in [1.54, 1.807) is 0 Å². The summed E-state index contributed by atoms with van der Waals surface area (Å²) in [6, 6.07) is 36.4. The predicted octanol–water partition coefficient (Wildman–Crippen LogP) is 6.46. The van der Waals surface area contributed by atoms with E-state index in [4.69, 9.17) is 9.97 Å². The maximum atomic E-state index is 4.80. The van der Waals surface area contributed by atoms with E-state index in [0.29, 0.717) is 17.8 Å². The highest BCUT2D eigenvalue weighted by Crippen LogP contribution is 2.31. The molecular formula is C27H20N6. The third-order valence-corrected chi connectivity index (χ3v) is 5.46. The zero-order valence-electron chi connectivity index (χ0n) is 17.7. The van der Waals surface area contributed by atoms with Gasteiger partial charge in [0, 0.05) is 22.1 Å². The number of hydrogen-bond donors (Lipinski definition) is 2. The van der Waals surface area contributed by atoms with Crippen LogP contribution in [0.5, 0.6) is 0 Å². The molecule has 6 rings (SSSR count).